The number of fused-ring (bicyclic) bond motifs is 1. The Bertz CT molecular complexity index is 1190. The molecule has 0 atom stereocenters. The van der Waals surface area contributed by atoms with Gasteiger partial charge in [0.2, 0.25) is 5.43 Å². The first-order valence-electron chi connectivity index (χ1n) is 8.81. The monoisotopic (exact) mass is 398 g/mol. The largest absolute Gasteiger partial charge is 0.490 e. The highest BCUT2D eigenvalue weighted by Gasteiger charge is 2.22. The number of carbonyl (C=O) groups excluding carboxylic acids is 1. The van der Waals surface area contributed by atoms with Gasteiger partial charge in [0, 0.05) is 18.0 Å². The summed E-state index contributed by atoms with van der Waals surface area (Å²) in [5, 5.41) is 3.33. The number of carbonyl (C=O) groups is 1. The highest BCUT2D eigenvalue weighted by atomic mass is 35.5. The number of amides is 1. The van der Waals surface area contributed by atoms with Crippen LogP contribution in [0.15, 0.2) is 41.3 Å². The van der Waals surface area contributed by atoms with Gasteiger partial charge < -0.3 is 24.1 Å². The summed E-state index contributed by atoms with van der Waals surface area (Å²) >= 11 is 6.27. The third-order valence-corrected chi connectivity index (χ3v) is 5.08. The molecular formula is C20H15ClN2O5. The number of hydrogen-bond donors (Lipinski definition) is 1. The molecule has 1 aromatic heterocycles. The summed E-state index contributed by atoms with van der Waals surface area (Å²) in [6.45, 7) is 1.91. The van der Waals surface area contributed by atoms with E-state index >= 15 is 0 Å². The Kier molecular flexibility index (Phi) is 3.91. The summed E-state index contributed by atoms with van der Waals surface area (Å²) in [5.74, 6) is 1.25. The maximum Gasteiger partial charge on any atom is 0.261 e. The molecule has 0 bridgehead atoms. The van der Waals surface area contributed by atoms with E-state index in [-0.39, 0.29) is 16.0 Å². The van der Waals surface area contributed by atoms with Gasteiger partial charge in [-0.05, 0) is 24.3 Å². The molecule has 0 saturated heterocycles. The fraction of sp³-hybridized carbons (Fsp3) is 0.200. The van der Waals surface area contributed by atoms with Crippen molar-refractivity contribution in [3.05, 3.63) is 57.3 Å². The second kappa shape index (κ2) is 6.45. The van der Waals surface area contributed by atoms with Crippen molar-refractivity contribution >= 4 is 34.1 Å². The lowest BCUT2D eigenvalue weighted by Gasteiger charge is -2.22. The van der Waals surface area contributed by atoms with Crippen LogP contribution in [0.3, 0.4) is 0 Å². The van der Waals surface area contributed by atoms with E-state index in [2.05, 4.69) is 5.32 Å². The number of pyridine rings is 1. The molecule has 0 spiro atoms. The molecule has 0 fully saturated rings. The molecule has 142 valence electrons. The Labute approximate surface area is 164 Å². The summed E-state index contributed by atoms with van der Waals surface area (Å²) in [6, 6.07) is 8.44. The number of anilines is 1. The van der Waals surface area contributed by atoms with Crippen molar-refractivity contribution in [3.63, 3.8) is 0 Å². The van der Waals surface area contributed by atoms with Crippen LogP contribution in [0.25, 0.3) is 10.9 Å². The zero-order chi connectivity index (χ0) is 19.3. The third kappa shape index (κ3) is 2.66. The Morgan fingerprint density at radius 1 is 1.00 bits per heavy atom. The molecule has 1 N–H and O–H groups in total. The van der Waals surface area contributed by atoms with Crippen LogP contribution in [0.5, 0.6) is 17.2 Å². The van der Waals surface area contributed by atoms with Crippen LogP contribution in [0, 0.1) is 0 Å². The minimum atomic E-state index is -0.514. The topological polar surface area (TPSA) is 78.8 Å². The van der Waals surface area contributed by atoms with E-state index in [1.165, 1.54) is 0 Å². The second-order valence-electron chi connectivity index (χ2n) is 6.50. The average Bonchev–Trinajstić information content (AvgIpc) is 2.71. The van der Waals surface area contributed by atoms with Crippen LogP contribution in [0.4, 0.5) is 5.69 Å². The minimum Gasteiger partial charge on any atom is -0.490 e. The van der Waals surface area contributed by atoms with E-state index in [4.69, 9.17) is 25.8 Å². The van der Waals surface area contributed by atoms with Gasteiger partial charge in [-0.15, -0.1) is 0 Å². The minimum absolute atomic E-state index is 0.0170. The number of nitrogens with one attached hydrogen (secondary N) is 1. The predicted molar refractivity (Wildman–Crippen MR) is 104 cm³/mol. The molecule has 5 rings (SSSR count). The van der Waals surface area contributed by atoms with E-state index in [1.54, 1.807) is 36.5 Å². The summed E-state index contributed by atoms with van der Waals surface area (Å²) in [5.41, 5.74) is 0.706. The summed E-state index contributed by atoms with van der Waals surface area (Å²) < 4.78 is 18.5. The van der Waals surface area contributed by atoms with E-state index in [9.17, 15) is 9.59 Å². The standard InChI is InChI=1S/C20H15ClN2O5/c21-13-2-4-15-18-17(13)19(24)12(10-23(18)5-6-26-15)20(25)22-11-1-3-14-16(9-11)28-8-7-27-14/h1-4,9-10H,5-8H2,(H,22,25). The van der Waals surface area contributed by atoms with Gasteiger partial charge in [0.05, 0.1) is 22.5 Å². The molecule has 8 heteroatoms. The molecule has 2 aliphatic rings. The Hall–Kier alpha value is -3.19. The fourth-order valence-corrected chi connectivity index (χ4v) is 3.73. The number of nitrogens with zero attached hydrogens (tertiary/aromatic N) is 1. The number of hydrogen-bond acceptors (Lipinski definition) is 5. The molecule has 3 aromatic rings. The van der Waals surface area contributed by atoms with Crippen molar-refractivity contribution in [1.29, 1.82) is 0 Å². The highest BCUT2D eigenvalue weighted by molar-refractivity contribution is 6.35. The second-order valence-corrected chi connectivity index (χ2v) is 6.90. The lowest BCUT2D eigenvalue weighted by atomic mass is 10.1. The third-order valence-electron chi connectivity index (χ3n) is 4.77. The first kappa shape index (κ1) is 16.9. The van der Waals surface area contributed by atoms with Crippen LogP contribution in [0.2, 0.25) is 5.02 Å². The van der Waals surface area contributed by atoms with Crippen molar-refractivity contribution in [2.45, 2.75) is 6.54 Å². The summed E-state index contributed by atoms with van der Waals surface area (Å²) in [6.07, 6.45) is 1.56. The maximum absolute atomic E-state index is 13.0. The molecule has 2 aromatic carbocycles. The molecule has 3 heterocycles. The number of aromatic nitrogens is 1. The Morgan fingerprint density at radius 3 is 2.61 bits per heavy atom. The molecule has 0 saturated carbocycles. The van der Waals surface area contributed by atoms with Crippen LogP contribution in [-0.4, -0.2) is 30.3 Å². The zero-order valence-corrected chi connectivity index (χ0v) is 15.4. The van der Waals surface area contributed by atoms with Crippen molar-refractivity contribution in [2.24, 2.45) is 0 Å². The van der Waals surface area contributed by atoms with E-state index in [0.717, 1.165) is 0 Å². The summed E-state index contributed by atoms with van der Waals surface area (Å²) in [4.78, 5) is 25.9. The quantitative estimate of drug-likeness (QED) is 0.717. The molecule has 7 nitrogen and oxygen atoms in total. The molecule has 0 unspecified atom stereocenters. The van der Waals surface area contributed by atoms with Gasteiger partial charge >= 0.3 is 0 Å². The van der Waals surface area contributed by atoms with Crippen molar-refractivity contribution in [1.82, 2.24) is 4.57 Å². The lowest BCUT2D eigenvalue weighted by molar-refractivity contribution is 0.102. The van der Waals surface area contributed by atoms with Crippen molar-refractivity contribution in [3.8, 4) is 17.2 Å². The average molecular weight is 399 g/mol. The smallest absolute Gasteiger partial charge is 0.261 e. The van der Waals surface area contributed by atoms with Gasteiger partial charge in [0.15, 0.2) is 11.5 Å². The highest BCUT2D eigenvalue weighted by Crippen LogP contribution is 2.34. The normalized spacial score (nSPS) is 14.5. The van der Waals surface area contributed by atoms with Gasteiger partial charge in [-0.1, -0.05) is 11.6 Å². The number of rotatable bonds is 2. The lowest BCUT2D eigenvalue weighted by Crippen LogP contribution is -2.27. The van der Waals surface area contributed by atoms with Gasteiger partial charge in [0.1, 0.15) is 31.1 Å². The van der Waals surface area contributed by atoms with Crippen LogP contribution < -0.4 is 25.0 Å². The van der Waals surface area contributed by atoms with Crippen molar-refractivity contribution < 1.29 is 19.0 Å². The Balaban J connectivity index is 1.56. The zero-order valence-electron chi connectivity index (χ0n) is 14.7. The van der Waals surface area contributed by atoms with E-state index in [1.807, 2.05) is 4.57 Å². The van der Waals surface area contributed by atoms with Gasteiger partial charge in [-0.25, -0.2) is 0 Å². The SMILES string of the molecule is O=C(Nc1ccc2c(c1)OCCO2)c1cn2c3c(ccc(Cl)c3c1=O)OCC2. The van der Waals surface area contributed by atoms with Crippen LogP contribution in [0.1, 0.15) is 10.4 Å². The van der Waals surface area contributed by atoms with E-state index < -0.39 is 11.3 Å². The van der Waals surface area contributed by atoms with Crippen LogP contribution in [-0.2, 0) is 6.54 Å². The number of benzene rings is 2. The molecule has 2 aliphatic heterocycles. The predicted octanol–water partition coefficient (Wildman–Crippen LogP) is 3.07. The number of halogens is 1. The fourth-order valence-electron chi connectivity index (χ4n) is 3.49. The maximum atomic E-state index is 13.0. The van der Waals surface area contributed by atoms with Gasteiger partial charge in [0.25, 0.3) is 5.91 Å². The Morgan fingerprint density at radius 2 is 1.75 bits per heavy atom. The van der Waals surface area contributed by atoms with Gasteiger partial charge in [-0.2, -0.15) is 0 Å². The van der Waals surface area contributed by atoms with Crippen molar-refractivity contribution in [2.75, 3.05) is 25.1 Å². The molecule has 1 amide bonds. The molecular weight excluding hydrogens is 384 g/mol. The first-order valence-corrected chi connectivity index (χ1v) is 9.19. The first-order chi connectivity index (χ1) is 13.6. The van der Waals surface area contributed by atoms with Crippen LogP contribution >= 0.6 is 11.6 Å². The van der Waals surface area contributed by atoms with E-state index in [0.29, 0.717) is 54.8 Å². The summed E-state index contributed by atoms with van der Waals surface area (Å²) in [7, 11) is 0. The molecule has 0 radical (unpaired) electrons. The molecule has 28 heavy (non-hydrogen) atoms. The number of ether oxygens (including phenoxy) is 3. The van der Waals surface area contributed by atoms with Gasteiger partial charge in [-0.3, -0.25) is 9.59 Å². The molecule has 0 aliphatic carbocycles.